The first-order valence-electron chi connectivity index (χ1n) is 7.45. The average molecular weight is 341 g/mol. The monoisotopic (exact) mass is 341 g/mol. The van der Waals surface area contributed by atoms with E-state index in [1.807, 2.05) is 6.07 Å². The number of carbonyl (C=O) groups is 1. The van der Waals surface area contributed by atoms with Gasteiger partial charge in [0.25, 0.3) is 5.91 Å². The molecule has 2 aromatic carbocycles. The first-order valence-corrected chi connectivity index (χ1v) is 7.45. The number of nitrogens with zero attached hydrogens (tertiary/aromatic N) is 2. The van der Waals surface area contributed by atoms with Crippen molar-refractivity contribution < 1.29 is 19.4 Å². The maximum absolute atomic E-state index is 12.3. The summed E-state index contributed by atoms with van der Waals surface area (Å²) >= 11 is 0. The van der Waals surface area contributed by atoms with Crippen LogP contribution in [-0.2, 0) is 4.79 Å². The second-order valence-corrected chi connectivity index (χ2v) is 4.99. The van der Waals surface area contributed by atoms with Crippen LogP contribution in [-0.4, -0.2) is 25.2 Å². The number of aliphatic hydroxyl groups is 1. The van der Waals surface area contributed by atoms with Crippen LogP contribution >= 0.6 is 0 Å². The minimum atomic E-state index is -0.572. The first-order chi connectivity index (χ1) is 12.0. The number of amides is 1. The van der Waals surface area contributed by atoms with Gasteiger partial charge in [0.15, 0.2) is 5.70 Å². The molecule has 0 saturated carbocycles. The lowest BCUT2D eigenvalue weighted by atomic mass is 10.3. The number of hydrogen-bond donors (Lipinski definition) is 2. The fourth-order valence-electron chi connectivity index (χ4n) is 1.97. The standard InChI is InChI=1S/C18H19N3O4/c1-12(22)17(18(23)19-13-7-5-4-6-8-13)21-20-15-11-14(24-2)9-10-16(15)25-3/h4-11,22H,1-3H3,(H,19,23). The highest BCUT2D eigenvalue weighted by Gasteiger charge is 2.14. The number of rotatable bonds is 6. The molecule has 0 heterocycles. The molecule has 0 saturated heterocycles. The molecule has 0 aromatic heterocycles. The lowest BCUT2D eigenvalue weighted by Gasteiger charge is -2.07. The number of allylic oxidation sites excluding steroid dienone is 1. The Labute approximate surface area is 145 Å². The van der Waals surface area contributed by atoms with E-state index in [9.17, 15) is 9.90 Å². The number of anilines is 1. The number of hydrogen-bond acceptors (Lipinski definition) is 6. The van der Waals surface area contributed by atoms with Gasteiger partial charge in [-0.15, -0.1) is 10.2 Å². The third-order valence-corrected chi connectivity index (χ3v) is 3.23. The predicted octanol–water partition coefficient (Wildman–Crippen LogP) is 4.22. The highest BCUT2D eigenvalue weighted by atomic mass is 16.5. The van der Waals surface area contributed by atoms with Gasteiger partial charge < -0.3 is 19.9 Å². The van der Waals surface area contributed by atoms with Crippen molar-refractivity contribution in [2.24, 2.45) is 10.2 Å². The number of para-hydroxylation sites is 1. The Morgan fingerprint density at radius 3 is 2.40 bits per heavy atom. The molecule has 130 valence electrons. The zero-order valence-electron chi connectivity index (χ0n) is 14.2. The van der Waals surface area contributed by atoms with Crippen LogP contribution in [0.5, 0.6) is 11.5 Å². The molecule has 0 spiro atoms. The smallest absolute Gasteiger partial charge is 0.279 e. The molecule has 0 bridgehead atoms. The summed E-state index contributed by atoms with van der Waals surface area (Å²) in [6.07, 6.45) is 0. The molecule has 0 atom stereocenters. The quantitative estimate of drug-likeness (QED) is 0.467. The van der Waals surface area contributed by atoms with E-state index in [4.69, 9.17) is 9.47 Å². The summed E-state index contributed by atoms with van der Waals surface area (Å²) in [5, 5.41) is 20.3. The van der Waals surface area contributed by atoms with E-state index in [1.165, 1.54) is 21.1 Å². The van der Waals surface area contributed by atoms with Crippen molar-refractivity contribution in [3.05, 3.63) is 60.0 Å². The van der Waals surface area contributed by atoms with Crippen LogP contribution in [0.4, 0.5) is 11.4 Å². The van der Waals surface area contributed by atoms with Crippen LogP contribution in [0.15, 0.2) is 70.2 Å². The minimum Gasteiger partial charge on any atom is -0.510 e. The number of benzene rings is 2. The van der Waals surface area contributed by atoms with Crippen LogP contribution in [0.3, 0.4) is 0 Å². The average Bonchev–Trinajstić information content (AvgIpc) is 2.62. The molecule has 0 aliphatic carbocycles. The van der Waals surface area contributed by atoms with Crippen LogP contribution in [0.1, 0.15) is 6.92 Å². The zero-order chi connectivity index (χ0) is 18.2. The summed E-state index contributed by atoms with van der Waals surface area (Å²) in [6.45, 7) is 1.36. The molecule has 7 nitrogen and oxygen atoms in total. The van der Waals surface area contributed by atoms with Gasteiger partial charge in [0.1, 0.15) is 22.9 Å². The summed E-state index contributed by atoms with van der Waals surface area (Å²) in [4.78, 5) is 12.3. The minimum absolute atomic E-state index is 0.200. The second kappa shape index (κ2) is 8.49. The van der Waals surface area contributed by atoms with Gasteiger partial charge in [0.05, 0.1) is 14.2 Å². The highest BCUT2D eigenvalue weighted by Crippen LogP contribution is 2.32. The number of carbonyl (C=O) groups excluding carboxylic acids is 1. The largest absolute Gasteiger partial charge is 0.510 e. The summed E-state index contributed by atoms with van der Waals surface area (Å²) in [5.74, 6) is 0.202. The molecule has 2 rings (SSSR count). The maximum atomic E-state index is 12.3. The van der Waals surface area contributed by atoms with Gasteiger partial charge in [0.2, 0.25) is 0 Å². The Morgan fingerprint density at radius 1 is 1.08 bits per heavy atom. The Balaban J connectivity index is 2.26. The van der Waals surface area contributed by atoms with Crippen LogP contribution in [0.2, 0.25) is 0 Å². The molecule has 1 amide bonds. The van der Waals surface area contributed by atoms with Crippen molar-refractivity contribution in [1.29, 1.82) is 0 Å². The molecular formula is C18H19N3O4. The van der Waals surface area contributed by atoms with Gasteiger partial charge in [-0.05, 0) is 31.2 Å². The summed E-state index contributed by atoms with van der Waals surface area (Å²) in [7, 11) is 3.02. The SMILES string of the molecule is COc1ccc(OC)c(N=NC(C(=O)Nc2ccccc2)=C(C)O)c1. The van der Waals surface area contributed by atoms with Crippen molar-refractivity contribution in [3.63, 3.8) is 0 Å². The Kier molecular flexibility index (Phi) is 6.11. The van der Waals surface area contributed by atoms with Crippen LogP contribution in [0, 0.1) is 0 Å². The first kappa shape index (κ1) is 18.0. The fourth-order valence-corrected chi connectivity index (χ4v) is 1.97. The van der Waals surface area contributed by atoms with Gasteiger partial charge >= 0.3 is 0 Å². The third-order valence-electron chi connectivity index (χ3n) is 3.23. The van der Waals surface area contributed by atoms with Crippen molar-refractivity contribution in [2.45, 2.75) is 6.92 Å². The molecule has 0 aliphatic rings. The lowest BCUT2D eigenvalue weighted by molar-refractivity contribution is -0.113. The van der Waals surface area contributed by atoms with Crippen molar-refractivity contribution in [1.82, 2.24) is 0 Å². The molecule has 0 fully saturated rings. The molecule has 25 heavy (non-hydrogen) atoms. The molecule has 2 N–H and O–H groups in total. The number of ether oxygens (including phenoxy) is 2. The molecule has 7 heteroatoms. The number of methoxy groups -OCH3 is 2. The van der Waals surface area contributed by atoms with E-state index in [0.29, 0.717) is 22.9 Å². The van der Waals surface area contributed by atoms with E-state index in [2.05, 4.69) is 15.5 Å². The fraction of sp³-hybridized carbons (Fsp3) is 0.167. The lowest BCUT2D eigenvalue weighted by Crippen LogP contribution is -2.14. The van der Waals surface area contributed by atoms with Crippen molar-refractivity contribution in [2.75, 3.05) is 19.5 Å². The number of nitrogens with one attached hydrogen (secondary N) is 1. The Hall–Kier alpha value is -3.35. The van der Waals surface area contributed by atoms with E-state index < -0.39 is 5.91 Å². The van der Waals surface area contributed by atoms with Gasteiger partial charge in [-0.3, -0.25) is 4.79 Å². The van der Waals surface area contributed by atoms with Gasteiger partial charge in [-0.25, -0.2) is 0 Å². The Morgan fingerprint density at radius 2 is 1.80 bits per heavy atom. The molecule has 2 aromatic rings. The number of aliphatic hydroxyl groups excluding tert-OH is 1. The second-order valence-electron chi connectivity index (χ2n) is 4.99. The maximum Gasteiger partial charge on any atom is 0.279 e. The van der Waals surface area contributed by atoms with Crippen molar-refractivity contribution >= 4 is 17.3 Å². The van der Waals surface area contributed by atoms with Gasteiger partial charge in [-0.2, -0.15) is 0 Å². The molecular weight excluding hydrogens is 322 g/mol. The molecule has 0 unspecified atom stereocenters. The Bertz CT molecular complexity index is 797. The third kappa shape index (κ3) is 4.81. The van der Waals surface area contributed by atoms with Gasteiger partial charge in [-0.1, -0.05) is 18.2 Å². The summed E-state index contributed by atoms with van der Waals surface area (Å²) in [6, 6.07) is 13.9. The topological polar surface area (TPSA) is 92.5 Å². The zero-order valence-corrected chi connectivity index (χ0v) is 14.2. The van der Waals surface area contributed by atoms with E-state index >= 15 is 0 Å². The highest BCUT2D eigenvalue weighted by molar-refractivity contribution is 6.03. The van der Waals surface area contributed by atoms with E-state index in [0.717, 1.165) is 0 Å². The van der Waals surface area contributed by atoms with E-state index in [1.54, 1.807) is 42.5 Å². The van der Waals surface area contributed by atoms with E-state index in [-0.39, 0.29) is 11.5 Å². The summed E-state index contributed by atoms with van der Waals surface area (Å²) in [5.41, 5.74) is 0.752. The van der Waals surface area contributed by atoms with Gasteiger partial charge in [0, 0.05) is 11.8 Å². The number of azo groups is 1. The molecule has 0 radical (unpaired) electrons. The van der Waals surface area contributed by atoms with Crippen LogP contribution in [0.25, 0.3) is 0 Å². The predicted molar refractivity (Wildman–Crippen MR) is 94.5 cm³/mol. The summed E-state index contributed by atoms with van der Waals surface area (Å²) < 4.78 is 10.3. The van der Waals surface area contributed by atoms with Crippen LogP contribution < -0.4 is 14.8 Å². The van der Waals surface area contributed by atoms with Crippen molar-refractivity contribution in [3.8, 4) is 11.5 Å². The molecule has 0 aliphatic heterocycles. The normalized spacial score (nSPS) is 11.8.